The van der Waals surface area contributed by atoms with E-state index < -0.39 is 11.8 Å². The molecule has 4 aromatic rings. The number of carbonyl (C=O) groups excluding carboxylic acids is 2. The van der Waals surface area contributed by atoms with Crippen LogP contribution in [0.5, 0.6) is 5.75 Å². The van der Waals surface area contributed by atoms with Crippen LogP contribution < -0.4 is 26.9 Å². The van der Waals surface area contributed by atoms with Gasteiger partial charge in [-0.15, -0.1) is 5.10 Å². The van der Waals surface area contributed by atoms with E-state index in [9.17, 15) is 9.59 Å². The summed E-state index contributed by atoms with van der Waals surface area (Å²) >= 11 is 0. The van der Waals surface area contributed by atoms with Crippen LogP contribution in [0, 0.1) is 0 Å². The first-order valence-electron chi connectivity index (χ1n) is 10.7. The normalized spacial score (nSPS) is 10.9. The third-order valence-electron chi connectivity index (χ3n) is 4.90. The van der Waals surface area contributed by atoms with E-state index in [1.807, 2.05) is 19.1 Å². The number of nitrogen functional groups attached to an aromatic ring is 1. The standard InChI is InChI=1S/C22H22N10O4/c1-2-35-17-10-6-3-7-13(17)11-26-28-22(34)18-16(32(31-27-18)21-19(23)29-36-30-21)12-25-15-9-5-4-8-14(15)20(24)33/h3-11,25H,2,12H2,1H3,(H2,23,29)(H2,24,33)(H,28,34)/b26-11+. The van der Waals surface area contributed by atoms with Gasteiger partial charge in [-0.2, -0.15) is 9.78 Å². The molecule has 14 heteroatoms. The predicted molar refractivity (Wildman–Crippen MR) is 129 cm³/mol. The van der Waals surface area contributed by atoms with E-state index in [-0.39, 0.29) is 35.1 Å². The third kappa shape index (κ3) is 5.11. The van der Waals surface area contributed by atoms with Crippen molar-refractivity contribution in [3.63, 3.8) is 0 Å². The molecule has 0 saturated carbocycles. The van der Waals surface area contributed by atoms with Gasteiger partial charge in [0.2, 0.25) is 11.6 Å². The van der Waals surface area contributed by atoms with Crippen LogP contribution in [-0.2, 0) is 6.54 Å². The summed E-state index contributed by atoms with van der Waals surface area (Å²) in [4.78, 5) is 24.7. The van der Waals surface area contributed by atoms with Crippen molar-refractivity contribution in [1.82, 2.24) is 30.7 Å². The largest absolute Gasteiger partial charge is 0.493 e. The number of carbonyl (C=O) groups is 2. The lowest BCUT2D eigenvalue weighted by Gasteiger charge is -2.11. The number of hydrogen-bond donors (Lipinski definition) is 4. The Morgan fingerprint density at radius 1 is 1.17 bits per heavy atom. The van der Waals surface area contributed by atoms with E-state index in [0.29, 0.717) is 23.6 Å². The number of para-hydroxylation sites is 2. The summed E-state index contributed by atoms with van der Waals surface area (Å²) in [6.45, 7) is 2.34. The Morgan fingerprint density at radius 2 is 1.94 bits per heavy atom. The van der Waals surface area contributed by atoms with Gasteiger partial charge in [0.25, 0.3) is 11.8 Å². The molecule has 14 nitrogen and oxygen atoms in total. The van der Waals surface area contributed by atoms with Crippen LogP contribution in [0.25, 0.3) is 5.82 Å². The number of primary amides is 1. The summed E-state index contributed by atoms with van der Waals surface area (Å²) in [7, 11) is 0. The molecule has 2 heterocycles. The zero-order chi connectivity index (χ0) is 25.5. The highest BCUT2D eigenvalue weighted by Crippen LogP contribution is 2.20. The van der Waals surface area contributed by atoms with Crippen molar-refractivity contribution >= 4 is 29.5 Å². The SMILES string of the molecule is CCOc1ccccc1/C=N/NC(=O)c1nnn(-c2nonc2N)c1CNc1ccccc1C(N)=O. The van der Waals surface area contributed by atoms with Crippen molar-refractivity contribution in [1.29, 1.82) is 0 Å². The van der Waals surface area contributed by atoms with Gasteiger partial charge in [0.15, 0.2) is 5.69 Å². The maximum Gasteiger partial charge on any atom is 0.293 e. The van der Waals surface area contributed by atoms with Crippen molar-refractivity contribution < 1.29 is 19.0 Å². The zero-order valence-electron chi connectivity index (χ0n) is 19.1. The Balaban J connectivity index is 1.60. The molecule has 0 aliphatic heterocycles. The fourth-order valence-electron chi connectivity index (χ4n) is 3.26. The van der Waals surface area contributed by atoms with Crippen molar-refractivity contribution in [2.45, 2.75) is 13.5 Å². The molecule has 0 fully saturated rings. The van der Waals surface area contributed by atoms with Gasteiger partial charge in [-0.25, -0.2) is 10.1 Å². The molecule has 0 unspecified atom stereocenters. The number of ether oxygens (including phenoxy) is 1. The topological polar surface area (TPSA) is 201 Å². The van der Waals surface area contributed by atoms with Gasteiger partial charge in [-0.1, -0.05) is 29.5 Å². The molecule has 4 rings (SSSR count). The minimum atomic E-state index is -0.651. The van der Waals surface area contributed by atoms with Crippen molar-refractivity contribution in [2.75, 3.05) is 17.7 Å². The molecular weight excluding hydrogens is 468 g/mol. The Bertz CT molecular complexity index is 1410. The van der Waals surface area contributed by atoms with Crippen LogP contribution in [0.2, 0.25) is 0 Å². The molecule has 2 amide bonds. The van der Waals surface area contributed by atoms with Crippen LogP contribution >= 0.6 is 0 Å². The van der Waals surface area contributed by atoms with Gasteiger partial charge in [-0.3, -0.25) is 9.59 Å². The fraction of sp³-hybridized carbons (Fsp3) is 0.136. The van der Waals surface area contributed by atoms with E-state index in [1.165, 1.54) is 10.9 Å². The summed E-state index contributed by atoms with van der Waals surface area (Å²) in [5, 5.41) is 22.3. The van der Waals surface area contributed by atoms with Gasteiger partial charge in [-0.05, 0) is 41.5 Å². The molecule has 184 valence electrons. The summed E-state index contributed by atoms with van der Waals surface area (Å²) in [6, 6.07) is 13.9. The van der Waals surface area contributed by atoms with Crippen molar-refractivity contribution in [3.05, 3.63) is 71.0 Å². The van der Waals surface area contributed by atoms with Crippen molar-refractivity contribution in [2.24, 2.45) is 10.8 Å². The predicted octanol–water partition coefficient (Wildman–Crippen LogP) is 1.11. The summed E-state index contributed by atoms with van der Waals surface area (Å²) in [5.41, 5.74) is 15.3. The van der Waals surface area contributed by atoms with Gasteiger partial charge in [0.1, 0.15) is 5.75 Å². The Kier molecular flexibility index (Phi) is 7.14. The van der Waals surface area contributed by atoms with E-state index >= 15 is 0 Å². The number of aromatic nitrogens is 5. The van der Waals surface area contributed by atoms with Crippen LogP contribution in [0.1, 0.15) is 39.0 Å². The van der Waals surface area contributed by atoms with Crippen LogP contribution in [0.4, 0.5) is 11.5 Å². The quantitative estimate of drug-likeness (QED) is 0.184. The molecule has 0 radical (unpaired) electrons. The molecule has 36 heavy (non-hydrogen) atoms. The maximum atomic E-state index is 13.0. The fourth-order valence-corrected chi connectivity index (χ4v) is 3.26. The number of rotatable bonds is 10. The van der Waals surface area contributed by atoms with Gasteiger partial charge in [0, 0.05) is 11.3 Å². The number of nitrogens with zero attached hydrogens (tertiary/aromatic N) is 6. The average Bonchev–Trinajstić information content (AvgIpc) is 3.49. The summed E-state index contributed by atoms with van der Waals surface area (Å²) in [6.07, 6.45) is 1.45. The lowest BCUT2D eigenvalue weighted by Crippen LogP contribution is -2.22. The second-order valence-corrected chi connectivity index (χ2v) is 7.20. The smallest absolute Gasteiger partial charge is 0.293 e. The number of hydrogen-bond acceptors (Lipinski definition) is 11. The third-order valence-corrected chi connectivity index (χ3v) is 4.90. The monoisotopic (exact) mass is 490 g/mol. The first-order chi connectivity index (χ1) is 17.5. The molecule has 0 saturated heterocycles. The number of nitrogens with two attached hydrogens (primary N) is 2. The van der Waals surface area contributed by atoms with Gasteiger partial charge >= 0.3 is 0 Å². The van der Waals surface area contributed by atoms with Crippen LogP contribution in [-0.4, -0.2) is 49.9 Å². The molecule has 0 aliphatic carbocycles. The summed E-state index contributed by atoms with van der Waals surface area (Å²) in [5.74, 6) is -0.668. The van der Waals surface area contributed by atoms with Gasteiger partial charge in [0.05, 0.1) is 30.6 Å². The highest BCUT2D eigenvalue weighted by atomic mass is 16.6. The molecule has 0 spiro atoms. The number of anilines is 2. The average molecular weight is 490 g/mol. The minimum absolute atomic E-state index is 0.0107. The lowest BCUT2D eigenvalue weighted by molar-refractivity contribution is 0.0947. The second kappa shape index (κ2) is 10.8. The molecule has 2 aromatic carbocycles. The number of nitrogens with one attached hydrogen (secondary N) is 2. The van der Waals surface area contributed by atoms with E-state index in [2.05, 4.69) is 41.1 Å². The Morgan fingerprint density at radius 3 is 2.69 bits per heavy atom. The maximum absolute atomic E-state index is 13.0. The van der Waals surface area contributed by atoms with Crippen molar-refractivity contribution in [3.8, 4) is 11.6 Å². The molecule has 6 N–H and O–H groups in total. The zero-order valence-corrected chi connectivity index (χ0v) is 19.1. The molecule has 0 aliphatic rings. The highest BCUT2D eigenvalue weighted by Gasteiger charge is 2.24. The van der Waals surface area contributed by atoms with Crippen LogP contribution in [0.3, 0.4) is 0 Å². The highest BCUT2D eigenvalue weighted by molar-refractivity contribution is 5.98. The molecule has 0 atom stereocenters. The van der Waals surface area contributed by atoms with Crippen LogP contribution in [0.15, 0.2) is 58.3 Å². The Hall–Kier alpha value is -5.27. The second-order valence-electron chi connectivity index (χ2n) is 7.20. The number of hydrazone groups is 1. The number of amides is 2. The molecule has 0 bridgehead atoms. The first-order valence-corrected chi connectivity index (χ1v) is 10.7. The van der Waals surface area contributed by atoms with Gasteiger partial charge < -0.3 is 21.5 Å². The first kappa shape index (κ1) is 23.9. The molecule has 2 aromatic heterocycles. The number of benzene rings is 2. The Labute approximate surface area is 204 Å². The lowest BCUT2D eigenvalue weighted by atomic mass is 10.1. The molecular formula is C22H22N10O4. The summed E-state index contributed by atoms with van der Waals surface area (Å²) < 4.78 is 11.4. The van der Waals surface area contributed by atoms with E-state index in [1.54, 1.807) is 36.4 Å². The van der Waals surface area contributed by atoms with E-state index in [0.717, 1.165) is 0 Å². The van der Waals surface area contributed by atoms with E-state index in [4.69, 9.17) is 16.2 Å². The minimum Gasteiger partial charge on any atom is -0.493 e.